The van der Waals surface area contributed by atoms with E-state index in [4.69, 9.17) is 17.3 Å². The molecule has 0 bridgehead atoms. The van der Waals surface area contributed by atoms with Crippen LogP contribution < -0.4 is 5.73 Å². The summed E-state index contributed by atoms with van der Waals surface area (Å²) in [5.74, 6) is 1.34. The zero-order valence-electron chi connectivity index (χ0n) is 8.41. The summed E-state index contributed by atoms with van der Waals surface area (Å²) in [5, 5.41) is 0.598. The molecular weight excluding hydrogens is 230 g/mol. The average molecular weight is 244 g/mol. The van der Waals surface area contributed by atoms with E-state index in [0.29, 0.717) is 21.5 Å². The standard InChI is InChI=1S/C11H14ClNOS/c12-9-4-5-10(13)11(6-9)15(14)7-8-2-1-3-8/h4-6,8H,1-3,7,13H2. The molecule has 4 heteroatoms. The highest BCUT2D eigenvalue weighted by Crippen LogP contribution is 2.30. The van der Waals surface area contributed by atoms with Gasteiger partial charge in [0.05, 0.1) is 15.7 Å². The topological polar surface area (TPSA) is 43.1 Å². The second-order valence-corrected chi connectivity index (χ2v) is 5.89. The minimum absolute atomic E-state index is 0.581. The quantitative estimate of drug-likeness (QED) is 0.830. The Labute approximate surface area is 97.3 Å². The lowest BCUT2D eigenvalue weighted by Crippen LogP contribution is -2.19. The van der Waals surface area contributed by atoms with Crippen molar-refractivity contribution in [1.29, 1.82) is 0 Å². The first kappa shape index (κ1) is 11.0. The second kappa shape index (κ2) is 4.54. The third kappa shape index (κ3) is 2.52. The molecule has 15 heavy (non-hydrogen) atoms. The van der Waals surface area contributed by atoms with Crippen molar-refractivity contribution in [2.24, 2.45) is 5.92 Å². The maximum absolute atomic E-state index is 12.0. The molecule has 0 amide bonds. The van der Waals surface area contributed by atoms with Crippen molar-refractivity contribution in [2.75, 3.05) is 11.5 Å². The normalized spacial score (nSPS) is 18.5. The van der Waals surface area contributed by atoms with E-state index in [9.17, 15) is 4.21 Å². The summed E-state index contributed by atoms with van der Waals surface area (Å²) in [5.41, 5.74) is 6.35. The summed E-state index contributed by atoms with van der Waals surface area (Å²) in [4.78, 5) is 0.689. The van der Waals surface area contributed by atoms with Crippen molar-refractivity contribution in [2.45, 2.75) is 24.2 Å². The third-order valence-corrected chi connectivity index (χ3v) is 4.69. The Hall–Kier alpha value is -0.540. The molecule has 1 aliphatic rings. The van der Waals surface area contributed by atoms with E-state index in [-0.39, 0.29) is 0 Å². The second-order valence-electron chi connectivity index (χ2n) is 3.99. The Morgan fingerprint density at radius 3 is 2.80 bits per heavy atom. The van der Waals surface area contributed by atoms with Crippen LogP contribution in [0.25, 0.3) is 0 Å². The van der Waals surface area contributed by atoms with Crippen LogP contribution in [0.1, 0.15) is 19.3 Å². The molecule has 1 aromatic rings. The van der Waals surface area contributed by atoms with Crippen molar-refractivity contribution in [3.63, 3.8) is 0 Å². The monoisotopic (exact) mass is 243 g/mol. The summed E-state index contributed by atoms with van der Waals surface area (Å²) in [7, 11) is -0.993. The van der Waals surface area contributed by atoms with Crippen LogP contribution in [0.15, 0.2) is 23.1 Å². The average Bonchev–Trinajstić information content (AvgIpc) is 2.15. The van der Waals surface area contributed by atoms with Gasteiger partial charge in [-0.1, -0.05) is 18.0 Å². The molecule has 0 saturated heterocycles. The van der Waals surface area contributed by atoms with E-state index >= 15 is 0 Å². The molecule has 1 aliphatic carbocycles. The fourth-order valence-electron chi connectivity index (χ4n) is 1.67. The van der Waals surface area contributed by atoms with Crippen LogP contribution in [0, 0.1) is 5.92 Å². The molecule has 1 fully saturated rings. The first-order chi connectivity index (χ1) is 7.16. The molecule has 1 aromatic carbocycles. The molecular formula is C11H14ClNOS. The van der Waals surface area contributed by atoms with Crippen LogP contribution in [0.2, 0.25) is 5.02 Å². The lowest BCUT2D eigenvalue weighted by Gasteiger charge is -2.24. The largest absolute Gasteiger partial charge is 0.398 e. The summed E-state index contributed by atoms with van der Waals surface area (Å²) in [6.07, 6.45) is 3.67. The smallest absolute Gasteiger partial charge is 0.0632 e. The minimum Gasteiger partial charge on any atom is -0.398 e. The molecule has 2 nitrogen and oxygen atoms in total. The molecule has 2 rings (SSSR count). The first-order valence-electron chi connectivity index (χ1n) is 5.10. The van der Waals surface area contributed by atoms with Gasteiger partial charge in [0.15, 0.2) is 0 Å². The van der Waals surface area contributed by atoms with Gasteiger partial charge >= 0.3 is 0 Å². The summed E-state index contributed by atoms with van der Waals surface area (Å²) >= 11 is 5.86. The zero-order valence-corrected chi connectivity index (χ0v) is 9.98. The molecule has 0 aliphatic heterocycles. The highest BCUT2D eigenvalue weighted by molar-refractivity contribution is 7.85. The van der Waals surface area contributed by atoms with Crippen LogP contribution in [0.3, 0.4) is 0 Å². The number of halogens is 1. The van der Waals surface area contributed by atoms with E-state index in [1.165, 1.54) is 19.3 Å². The van der Waals surface area contributed by atoms with Gasteiger partial charge < -0.3 is 5.73 Å². The molecule has 1 unspecified atom stereocenters. The van der Waals surface area contributed by atoms with Gasteiger partial charge in [-0.2, -0.15) is 0 Å². The number of rotatable bonds is 3. The maximum atomic E-state index is 12.0. The zero-order chi connectivity index (χ0) is 10.8. The van der Waals surface area contributed by atoms with Gasteiger partial charge in [-0.25, -0.2) is 0 Å². The maximum Gasteiger partial charge on any atom is 0.0632 e. The SMILES string of the molecule is Nc1ccc(Cl)cc1S(=O)CC1CCC1. The molecule has 1 atom stereocenters. The Morgan fingerprint density at radius 2 is 2.20 bits per heavy atom. The van der Waals surface area contributed by atoms with E-state index < -0.39 is 10.8 Å². The number of nitrogens with two attached hydrogens (primary N) is 1. The van der Waals surface area contributed by atoms with Gasteiger partial charge in [-0.15, -0.1) is 0 Å². The summed E-state index contributed by atoms with van der Waals surface area (Å²) in [6, 6.07) is 5.16. The van der Waals surface area contributed by atoms with E-state index in [2.05, 4.69) is 0 Å². The number of anilines is 1. The first-order valence-corrected chi connectivity index (χ1v) is 6.80. The molecule has 0 aromatic heterocycles. The third-order valence-electron chi connectivity index (χ3n) is 2.83. The van der Waals surface area contributed by atoms with Gasteiger partial charge in [0.2, 0.25) is 0 Å². The lowest BCUT2D eigenvalue weighted by molar-refractivity contribution is 0.350. The van der Waals surface area contributed by atoms with E-state index in [1.807, 2.05) is 0 Å². The number of benzene rings is 1. The van der Waals surface area contributed by atoms with Crippen LogP contribution in [0.5, 0.6) is 0 Å². The molecule has 2 N–H and O–H groups in total. The van der Waals surface area contributed by atoms with Crippen molar-refractivity contribution in [1.82, 2.24) is 0 Å². The fraction of sp³-hybridized carbons (Fsp3) is 0.455. The fourth-order valence-corrected chi connectivity index (χ4v) is 3.44. The van der Waals surface area contributed by atoms with Crippen LogP contribution in [-0.2, 0) is 10.8 Å². The lowest BCUT2D eigenvalue weighted by atomic mass is 9.87. The highest BCUT2D eigenvalue weighted by atomic mass is 35.5. The number of nitrogen functional groups attached to an aromatic ring is 1. The summed E-state index contributed by atoms with van der Waals surface area (Å²) in [6.45, 7) is 0. The molecule has 1 saturated carbocycles. The Bertz CT molecular complexity index is 390. The van der Waals surface area contributed by atoms with E-state index in [0.717, 1.165) is 5.75 Å². The number of hydrogen-bond donors (Lipinski definition) is 1. The van der Waals surface area contributed by atoms with Crippen molar-refractivity contribution in [3.05, 3.63) is 23.2 Å². The van der Waals surface area contributed by atoms with Crippen LogP contribution in [-0.4, -0.2) is 9.96 Å². The van der Waals surface area contributed by atoms with Crippen molar-refractivity contribution in [3.8, 4) is 0 Å². The minimum atomic E-state index is -0.993. The Kier molecular flexibility index (Phi) is 3.32. The van der Waals surface area contributed by atoms with Crippen LogP contribution in [0.4, 0.5) is 5.69 Å². The molecule has 82 valence electrons. The molecule has 0 spiro atoms. The van der Waals surface area contributed by atoms with Gasteiger partial charge in [-0.3, -0.25) is 4.21 Å². The Morgan fingerprint density at radius 1 is 1.47 bits per heavy atom. The predicted octanol–water partition coefficient (Wildman–Crippen LogP) is 2.83. The van der Waals surface area contributed by atoms with Crippen molar-refractivity contribution >= 4 is 28.1 Å². The van der Waals surface area contributed by atoms with E-state index in [1.54, 1.807) is 18.2 Å². The van der Waals surface area contributed by atoms with Gasteiger partial charge in [0, 0.05) is 16.5 Å². The molecule has 0 radical (unpaired) electrons. The van der Waals surface area contributed by atoms with Crippen LogP contribution >= 0.6 is 11.6 Å². The predicted molar refractivity (Wildman–Crippen MR) is 64.5 cm³/mol. The van der Waals surface area contributed by atoms with Gasteiger partial charge in [0.25, 0.3) is 0 Å². The Balaban J connectivity index is 2.12. The van der Waals surface area contributed by atoms with Crippen molar-refractivity contribution < 1.29 is 4.21 Å². The molecule has 0 heterocycles. The van der Waals surface area contributed by atoms with Gasteiger partial charge in [0.1, 0.15) is 0 Å². The number of hydrogen-bond acceptors (Lipinski definition) is 2. The highest BCUT2D eigenvalue weighted by Gasteiger charge is 2.21. The summed E-state index contributed by atoms with van der Waals surface area (Å²) < 4.78 is 12.0. The van der Waals surface area contributed by atoms with Gasteiger partial charge in [-0.05, 0) is 37.0 Å².